The van der Waals surface area contributed by atoms with E-state index in [0.29, 0.717) is 6.04 Å². The first-order valence-corrected chi connectivity index (χ1v) is 7.10. The van der Waals surface area contributed by atoms with Crippen LogP contribution in [0.1, 0.15) is 30.7 Å². The number of hydrogen-bond acceptors (Lipinski definition) is 2. The fourth-order valence-electron chi connectivity index (χ4n) is 1.95. The number of benzene rings is 1. The van der Waals surface area contributed by atoms with E-state index < -0.39 is 0 Å². The Labute approximate surface area is 117 Å². The molecule has 0 amide bonds. The van der Waals surface area contributed by atoms with Crippen LogP contribution in [-0.2, 0) is 6.42 Å². The van der Waals surface area contributed by atoms with Crippen molar-refractivity contribution in [2.45, 2.75) is 25.8 Å². The van der Waals surface area contributed by atoms with Gasteiger partial charge < -0.3 is 9.73 Å². The molecular formula is C15H18BrNO. The van der Waals surface area contributed by atoms with E-state index in [9.17, 15) is 0 Å². The molecule has 1 N–H and O–H groups in total. The smallest absolute Gasteiger partial charge is 0.105 e. The zero-order valence-corrected chi connectivity index (χ0v) is 12.1. The summed E-state index contributed by atoms with van der Waals surface area (Å²) < 4.78 is 6.55. The van der Waals surface area contributed by atoms with Crippen LogP contribution in [0.5, 0.6) is 0 Å². The molecule has 1 aromatic carbocycles. The van der Waals surface area contributed by atoms with E-state index in [4.69, 9.17) is 4.42 Å². The summed E-state index contributed by atoms with van der Waals surface area (Å²) in [6.07, 6.45) is 3.74. The maximum Gasteiger partial charge on any atom is 0.105 e. The minimum absolute atomic E-state index is 0.309. The molecule has 0 aliphatic rings. The molecule has 1 heterocycles. The van der Waals surface area contributed by atoms with E-state index in [0.717, 1.165) is 29.6 Å². The highest BCUT2D eigenvalue weighted by Crippen LogP contribution is 2.21. The van der Waals surface area contributed by atoms with Crippen LogP contribution in [0.15, 0.2) is 51.6 Å². The molecule has 3 heteroatoms. The van der Waals surface area contributed by atoms with E-state index >= 15 is 0 Å². The largest absolute Gasteiger partial charge is 0.469 e. The first-order valence-electron chi connectivity index (χ1n) is 6.31. The van der Waals surface area contributed by atoms with Crippen LogP contribution in [0, 0.1) is 0 Å². The molecule has 1 aromatic heterocycles. The van der Waals surface area contributed by atoms with Crippen LogP contribution < -0.4 is 5.32 Å². The average Bonchev–Trinajstić information content (AvgIpc) is 2.88. The fourth-order valence-corrected chi connectivity index (χ4v) is 2.22. The Morgan fingerprint density at radius 1 is 1.22 bits per heavy atom. The topological polar surface area (TPSA) is 25.2 Å². The van der Waals surface area contributed by atoms with Crippen molar-refractivity contribution >= 4 is 15.9 Å². The van der Waals surface area contributed by atoms with Gasteiger partial charge in [-0.3, -0.25) is 0 Å². The number of furan rings is 1. The van der Waals surface area contributed by atoms with Crippen LogP contribution >= 0.6 is 15.9 Å². The standard InChI is InChI=1S/C15H18BrNO/c1-2-9-17-15(11-14-4-3-10-18-14)12-5-7-13(16)8-6-12/h3-8,10,15,17H,2,9,11H2,1H3. The van der Waals surface area contributed by atoms with Crippen LogP contribution in [0.4, 0.5) is 0 Å². The molecule has 2 aromatic rings. The number of halogens is 1. The van der Waals surface area contributed by atoms with Gasteiger partial charge in [-0.15, -0.1) is 0 Å². The van der Waals surface area contributed by atoms with Crippen molar-refractivity contribution in [2.75, 3.05) is 6.54 Å². The van der Waals surface area contributed by atoms with Crippen molar-refractivity contribution < 1.29 is 4.42 Å². The van der Waals surface area contributed by atoms with Crippen molar-refractivity contribution in [2.24, 2.45) is 0 Å². The summed E-state index contributed by atoms with van der Waals surface area (Å²) in [6, 6.07) is 12.7. The maximum absolute atomic E-state index is 5.44. The lowest BCUT2D eigenvalue weighted by Gasteiger charge is -2.18. The van der Waals surface area contributed by atoms with Gasteiger partial charge in [-0.1, -0.05) is 35.0 Å². The van der Waals surface area contributed by atoms with Gasteiger partial charge in [0.2, 0.25) is 0 Å². The Morgan fingerprint density at radius 3 is 2.61 bits per heavy atom. The van der Waals surface area contributed by atoms with Crippen LogP contribution in [-0.4, -0.2) is 6.54 Å². The number of nitrogens with one attached hydrogen (secondary N) is 1. The lowest BCUT2D eigenvalue weighted by atomic mass is 10.0. The van der Waals surface area contributed by atoms with Gasteiger partial charge in [0.15, 0.2) is 0 Å². The van der Waals surface area contributed by atoms with Gasteiger partial charge in [-0.05, 0) is 42.8 Å². The summed E-state index contributed by atoms with van der Waals surface area (Å²) >= 11 is 3.47. The molecule has 1 unspecified atom stereocenters. The summed E-state index contributed by atoms with van der Waals surface area (Å²) in [5.41, 5.74) is 1.29. The minimum atomic E-state index is 0.309. The van der Waals surface area contributed by atoms with E-state index in [1.54, 1.807) is 6.26 Å². The van der Waals surface area contributed by atoms with Gasteiger partial charge in [0.1, 0.15) is 5.76 Å². The van der Waals surface area contributed by atoms with Crippen LogP contribution in [0.25, 0.3) is 0 Å². The molecule has 0 saturated heterocycles. The van der Waals surface area contributed by atoms with Crippen molar-refractivity contribution in [3.8, 4) is 0 Å². The minimum Gasteiger partial charge on any atom is -0.469 e. The lowest BCUT2D eigenvalue weighted by molar-refractivity contribution is 0.449. The third-order valence-electron chi connectivity index (χ3n) is 2.90. The molecule has 0 radical (unpaired) electrons. The molecule has 2 rings (SSSR count). The fraction of sp³-hybridized carbons (Fsp3) is 0.333. The van der Waals surface area contributed by atoms with Gasteiger partial charge in [-0.2, -0.15) is 0 Å². The predicted octanol–water partition coefficient (Wildman–Crippen LogP) is 4.33. The van der Waals surface area contributed by atoms with Gasteiger partial charge in [0, 0.05) is 16.9 Å². The lowest BCUT2D eigenvalue weighted by Crippen LogP contribution is -2.23. The average molecular weight is 308 g/mol. The van der Waals surface area contributed by atoms with E-state index in [2.05, 4.69) is 52.4 Å². The Kier molecular flexibility index (Phi) is 5.02. The Balaban J connectivity index is 2.11. The zero-order valence-electron chi connectivity index (χ0n) is 10.5. The molecule has 96 valence electrons. The van der Waals surface area contributed by atoms with Crippen LogP contribution in [0.2, 0.25) is 0 Å². The molecule has 18 heavy (non-hydrogen) atoms. The molecule has 0 saturated carbocycles. The molecule has 0 aliphatic heterocycles. The summed E-state index contributed by atoms with van der Waals surface area (Å²) in [4.78, 5) is 0. The first-order chi connectivity index (χ1) is 8.79. The SMILES string of the molecule is CCCNC(Cc1ccco1)c1ccc(Br)cc1. The third-order valence-corrected chi connectivity index (χ3v) is 3.43. The molecule has 2 nitrogen and oxygen atoms in total. The second kappa shape index (κ2) is 6.76. The molecule has 0 aliphatic carbocycles. The number of hydrogen-bond donors (Lipinski definition) is 1. The monoisotopic (exact) mass is 307 g/mol. The zero-order chi connectivity index (χ0) is 12.8. The Bertz CT molecular complexity index is 450. The summed E-state index contributed by atoms with van der Waals surface area (Å²) in [5, 5.41) is 3.57. The predicted molar refractivity (Wildman–Crippen MR) is 77.6 cm³/mol. The molecule has 0 fully saturated rings. The first kappa shape index (κ1) is 13.4. The highest BCUT2D eigenvalue weighted by Gasteiger charge is 2.12. The van der Waals surface area contributed by atoms with E-state index in [-0.39, 0.29) is 0 Å². The molecule has 1 atom stereocenters. The molecule has 0 spiro atoms. The van der Waals surface area contributed by atoms with Crippen molar-refractivity contribution in [3.63, 3.8) is 0 Å². The van der Waals surface area contributed by atoms with Gasteiger partial charge >= 0.3 is 0 Å². The highest BCUT2D eigenvalue weighted by atomic mass is 79.9. The second-order valence-electron chi connectivity index (χ2n) is 4.34. The maximum atomic E-state index is 5.44. The quantitative estimate of drug-likeness (QED) is 0.859. The van der Waals surface area contributed by atoms with E-state index in [1.807, 2.05) is 12.1 Å². The van der Waals surface area contributed by atoms with Crippen LogP contribution in [0.3, 0.4) is 0 Å². The normalized spacial score (nSPS) is 12.6. The summed E-state index contributed by atoms with van der Waals surface area (Å²) in [6.45, 7) is 3.19. The third kappa shape index (κ3) is 3.72. The second-order valence-corrected chi connectivity index (χ2v) is 5.26. The Hall–Kier alpha value is -1.06. The summed E-state index contributed by atoms with van der Waals surface area (Å²) in [7, 11) is 0. The van der Waals surface area contributed by atoms with E-state index in [1.165, 1.54) is 5.56 Å². The van der Waals surface area contributed by atoms with Gasteiger partial charge in [-0.25, -0.2) is 0 Å². The number of rotatable bonds is 6. The van der Waals surface area contributed by atoms with Crippen molar-refractivity contribution in [3.05, 3.63) is 58.5 Å². The summed E-state index contributed by atoms with van der Waals surface area (Å²) in [5.74, 6) is 1.02. The molecule has 0 bridgehead atoms. The Morgan fingerprint density at radius 2 is 2.00 bits per heavy atom. The van der Waals surface area contributed by atoms with Crippen molar-refractivity contribution in [1.82, 2.24) is 5.32 Å². The van der Waals surface area contributed by atoms with Gasteiger partial charge in [0.25, 0.3) is 0 Å². The van der Waals surface area contributed by atoms with Crippen molar-refractivity contribution in [1.29, 1.82) is 0 Å². The highest BCUT2D eigenvalue weighted by molar-refractivity contribution is 9.10. The van der Waals surface area contributed by atoms with Gasteiger partial charge in [0.05, 0.1) is 6.26 Å². The molecular weight excluding hydrogens is 290 g/mol.